The molecule has 5 heteroatoms. The average molecular weight is 302 g/mol. The largest absolute Gasteiger partial charge is 0.394 e. The molecule has 0 radical (unpaired) electrons. The van der Waals surface area contributed by atoms with E-state index in [0.29, 0.717) is 5.75 Å². The Morgan fingerprint density at radius 2 is 2.05 bits per heavy atom. The maximum absolute atomic E-state index is 11.9. The van der Waals surface area contributed by atoms with Crippen LogP contribution in [0.2, 0.25) is 0 Å². The molecule has 2 aromatic rings. The molecule has 2 N–H and O–H groups in total. The van der Waals surface area contributed by atoms with Crippen molar-refractivity contribution in [3.8, 4) is 0 Å². The first-order valence-electron chi connectivity index (χ1n) is 6.71. The highest BCUT2D eigenvalue weighted by Crippen LogP contribution is 2.14. The summed E-state index contributed by atoms with van der Waals surface area (Å²) in [6.45, 7) is -0.108. The molecule has 0 aliphatic heterocycles. The molecule has 1 heterocycles. The fourth-order valence-corrected chi connectivity index (χ4v) is 2.68. The van der Waals surface area contributed by atoms with Crippen LogP contribution in [0.3, 0.4) is 0 Å². The van der Waals surface area contributed by atoms with Crippen LogP contribution in [0.15, 0.2) is 54.9 Å². The quantitative estimate of drug-likeness (QED) is 0.823. The van der Waals surface area contributed by atoms with E-state index in [1.54, 1.807) is 12.4 Å². The van der Waals surface area contributed by atoms with Gasteiger partial charge in [0.2, 0.25) is 5.91 Å². The summed E-state index contributed by atoms with van der Waals surface area (Å²) in [5.74, 6) is 1.03. The minimum absolute atomic E-state index is 0.0770. The summed E-state index contributed by atoms with van der Waals surface area (Å²) in [6, 6.07) is 13.0. The van der Waals surface area contributed by atoms with E-state index >= 15 is 0 Å². The van der Waals surface area contributed by atoms with Gasteiger partial charge in [-0.1, -0.05) is 36.4 Å². The van der Waals surface area contributed by atoms with Gasteiger partial charge in [-0.25, -0.2) is 0 Å². The zero-order valence-corrected chi connectivity index (χ0v) is 12.4. The van der Waals surface area contributed by atoms with Gasteiger partial charge in [0.25, 0.3) is 0 Å². The van der Waals surface area contributed by atoms with Gasteiger partial charge in [-0.15, -0.1) is 11.8 Å². The van der Waals surface area contributed by atoms with Crippen molar-refractivity contribution >= 4 is 17.7 Å². The smallest absolute Gasteiger partial charge is 0.230 e. The molecule has 0 spiro atoms. The summed E-state index contributed by atoms with van der Waals surface area (Å²) in [4.78, 5) is 16.0. The number of amides is 1. The number of hydrogen-bond acceptors (Lipinski definition) is 4. The van der Waals surface area contributed by atoms with Gasteiger partial charge in [-0.3, -0.25) is 9.78 Å². The van der Waals surface area contributed by atoms with E-state index in [0.717, 1.165) is 16.9 Å². The summed E-state index contributed by atoms with van der Waals surface area (Å²) >= 11 is 1.53. The lowest BCUT2D eigenvalue weighted by Gasteiger charge is -2.16. The molecule has 0 aliphatic rings. The third kappa shape index (κ3) is 5.21. The maximum atomic E-state index is 11.9. The van der Waals surface area contributed by atoms with Gasteiger partial charge in [-0.05, 0) is 17.2 Å². The van der Waals surface area contributed by atoms with Crippen LogP contribution in [-0.2, 0) is 10.5 Å². The van der Waals surface area contributed by atoms with Crippen LogP contribution in [0.1, 0.15) is 17.2 Å². The van der Waals surface area contributed by atoms with Crippen molar-refractivity contribution in [2.45, 2.75) is 11.8 Å². The molecule has 2 rings (SSSR count). The molecule has 1 aromatic heterocycles. The number of pyridine rings is 1. The molecule has 21 heavy (non-hydrogen) atoms. The van der Waals surface area contributed by atoms with Gasteiger partial charge >= 0.3 is 0 Å². The number of nitrogens with one attached hydrogen (secondary N) is 1. The molecule has 0 unspecified atom stereocenters. The monoisotopic (exact) mass is 302 g/mol. The Kier molecular flexibility index (Phi) is 6.24. The van der Waals surface area contributed by atoms with Crippen LogP contribution in [0, 0.1) is 0 Å². The number of nitrogens with zero attached hydrogens (tertiary/aromatic N) is 1. The second-order valence-electron chi connectivity index (χ2n) is 4.57. The maximum Gasteiger partial charge on any atom is 0.230 e. The van der Waals surface area contributed by atoms with Gasteiger partial charge in [0.15, 0.2) is 0 Å². The Balaban J connectivity index is 1.78. The summed E-state index contributed by atoms with van der Waals surface area (Å²) in [5.41, 5.74) is 2.00. The topological polar surface area (TPSA) is 62.2 Å². The number of carbonyl (C=O) groups is 1. The van der Waals surface area contributed by atoms with E-state index in [2.05, 4.69) is 10.3 Å². The van der Waals surface area contributed by atoms with E-state index in [4.69, 9.17) is 0 Å². The number of aliphatic hydroxyl groups is 1. The zero-order valence-electron chi connectivity index (χ0n) is 11.6. The Labute approximate surface area is 128 Å². The number of rotatable bonds is 7. The molecule has 4 nitrogen and oxygen atoms in total. The highest BCUT2D eigenvalue weighted by Gasteiger charge is 2.13. The van der Waals surface area contributed by atoms with Crippen molar-refractivity contribution in [2.24, 2.45) is 0 Å². The first kappa shape index (κ1) is 15.5. The van der Waals surface area contributed by atoms with E-state index in [1.165, 1.54) is 11.8 Å². The van der Waals surface area contributed by atoms with E-state index in [-0.39, 0.29) is 18.6 Å². The third-order valence-corrected chi connectivity index (χ3v) is 3.95. The summed E-state index contributed by atoms with van der Waals surface area (Å²) in [7, 11) is 0. The minimum Gasteiger partial charge on any atom is -0.394 e. The van der Waals surface area contributed by atoms with E-state index < -0.39 is 0 Å². The molecule has 0 bridgehead atoms. The van der Waals surface area contributed by atoms with Crippen LogP contribution < -0.4 is 5.32 Å². The molecule has 1 atom stereocenters. The molecular weight excluding hydrogens is 284 g/mol. The van der Waals surface area contributed by atoms with Gasteiger partial charge in [0, 0.05) is 18.1 Å². The van der Waals surface area contributed by atoms with Crippen molar-refractivity contribution in [1.29, 1.82) is 0 Å². The van der Waals surface area contributed by atoms with Gasteiger partial charge in [0.05, 0.1) is 18.4 Å². The number of aliphatic hydroxyl groups excluding tert-OH is 1. The zero-order chi connectivity index (χ0) is 14.9. The average Bonchev–Trinajstić information content (AvgIpc) is 2.54. The van der Waals surface area contributed by atoms with Crippen molar-refractivity contribution < 1.29 is 9.90 Å². The predicted octanol–water partition coefficient (Wildman–Crippen LogP) is 2.16. The Bertz CT molecular complexity index is 549. The first-order valence-corrected chi connectivity index (χ1v) is 7.87. The van der Waals surface area contributed by atoms with Crippen LogP contribution in [0.25, 0.3) is 0 Å². The van der Waals surface area contributed by atoms with Crippen LogP contribution in [-0.4, -0.2) is 28.4 Å². The van der Waals surface area contributed by atoms with Crippen molar-refractivity contribution in [3.63, 3.8) is 0 Å². The van der Waals surface area contributed by atoms with Crippen molar-refractivity contribution in [2.75, 3.05) is 12.4 Å². The number of hydrogen-bond donors (Lipinski definition) is 2. The molecule has 1 aromatic carbocycles. The highest BCUT2D eigenvalue weighted by atomic mass is 32.2. The van der Waals surface area contributed by atoms with Crippen LogP contribution in [0.5, 0.6) is 0 Å². The number of thioether (sulfide) groups is 1. The summed E-state index contributed by atoms with van der Waals surface area (Å²) < 4.78 is 0. The molecule has 0 fully saturated rings. The lowest BCUT2D eigenvalue weighted by atomic mass is 10.1. The highest BCUT2D eigenvalue weighted by molar-refractivity contribution is 7.99. The second-order valence-corrected chi connectivity index (χ2v) is 5.55. The fourth-order valence-electron chi connectivity index (χ4n) is 1.90. The normalized spacial score (nSPS) is 11.9. The Hall–Kier alpha value is -1.85. The lowest BCUT2D eigenvalue weighted by molar-refractivity contribution is -0.119. The molecular formula is C16H18N2O2S. The van der Waals surface area contributed by atoms with Crippen molar-refractivity contribution in [3.05, 3.63) is 66.0 Å². The first-order chi connectivity index (χ1) is 10.3. The van der Waals surface area contributed by atoms with Gasteiger partial charge in [0.1, 0.15) is 0 Å². The minimum atomic E-state index is -0.349. The molecule has 1 amide bonds. The van der Waals surface area contributed by atoms with Gasteiger partial charge in [-0.2, -0.15) is 0 Å². The summed E-state index contributed by atoms with van der Waals surface area (Å²) in [5, 5.41) is 12.2. The molecule has 0 saturated heterocycles. The van der Waals surface area contributed by atoms with Crippen molar-refractivity contribution in [1.82, 2.24) is 10.3 Å². The molecule has 110 valence electrons. The van der Waals surface area contributed by atoms with Gasteiger partial charge < -0.3 is 10.4 Å². The van der Waals surface area contributed by atoms with Crippen LogP contribution in [0.4, 0.5) is 0 Å². The molecule has 0 aliphatic carbocycles. The van der Waals surface area contributed by atoms with Crippen LogP contribution >= 0.6 is 11.8 Å². The van der Waals surface area contributed by atoms with E-state index in [1.807, 2.05) is 42.5 Å². The lowest BCUT2D eigenvalue weighted by Crippen LogP contribution is -2.32. The Morgan fingerprint density at radius 3 is 2.71 bits per heavy atom. The third-order valence-electron chi connectivity index (χ3n) is 2.94. The predicted molar refractivity (Wildman–Crippen MR) is 84.8 cm³/mol. The standard InChI is InChI=1S/C16H18N2O2S/c19-10-15(14-6-2-1-3-7-14)18-16(20)12-21-11-13-5-4-8-17-9-13/h1-9,15,19H,10-12H2,(H,18,20)/t15-/m1/s1. The number of aromatic nitrogens is 1. The molecule has 0 saturated carbocycles. The number of benzene rings is 1. The number of carbonyl (C=O) groups excluding carboxylic acids is 1. The van der Waals surface area contributed by atoms with E-state index in [9.17, 15) is 9.90 Å². The SMILES string of the molecule is O=C(CSCc1cccnc1)N[C@H](CO)c1ccccc1. The summed E-state index contributed by atoms with van der Waals surface area (Å²) in [6.07, 6.45) is 3.53. The Morgan fingerprint density at radius 1 is 1.24 bits per heavy atom. The second kappa shape index (κ2) is 8.44. The fraction of sp³-hybridized carbons (Fsp3) is 0.250.